The molecule has 4 aliphatic rings. The Hall–Kier alpha value is -1.52. The zero-order valence-corrected chi connectivity index (χ0v) is 15.6. The maximum absolute atomic E-state index is 10.8. The molecule has 0 spiro atoms. The van der Waals surface area contributed by atoms with E-state index < -0.39 is 5.60 Å². The summed E-state index contributed by atoms with van der Waals surface area (Å²) in [5.41, 5.74) is 12.1. The number of hydrogen-bond donors (Lipinski definition) is 2. The Morgan fingerprint density at radius 1 is 1.23 bits per heavy atom. The summed E-state index contributed by atoms with van der Waals surface area (Å²) in [6.45, 7) is 2.70. The first-order chi connectivity index (χ1) is 12.6. The van der Waals surface area contributed by atoms with Gasteiger partial charge in [0.05, 0.1) is 24.0 Å². The van der Waals surface area contributed by atoms with E-state index in [1.54, 1.807) is 0 Å². The Balaban J connectivity index is 1.37. The third-order valence-corrected chi connectivity index (χ3v) is 7.13. The second kappa shape index (κ2) is 6.00. The average Bonchev–Trinajstić information content (AvgIpc) is 3.23. The van der Waals surface area contributed by atoms with Gasteiger partial charge in [-0.25, -0.2) is 0 Å². The highest BCUT2D eigenvalue weighted by molar-refractivity contribution is 5.67. The van der Waals surface area contributed by atoms with E-state index in [-0.39, 0.29) is 12.2 Å². The number of fused-ring (bicyclic) bond motifs is 4. The van der Waals surface area contributed by atoms with Crippen molar-refractivity contribution in [2.75, 3.05) is 12.3 Å². The molecule has 1 fully saturated rings. The van der Waals surface area contributed by atoms with E-state index >= 15 is 0 Å². The van der Waals surface area contributed by atoms with Crippen molar-refractivity contribution in [1.82, 2.24) is 0 Å². The number of nitrogens with two attached hydrogens (primary N) is 1. The molecule has 0 amide bonds. The minimum atomic E-state index is -0.705. The van der Waals surface area contributed by atoms with Gasteiger partial charge in [0.2, 0.25) is 0 Å². The van der Waals surface area contributed by atoms with Gasteiger partial charge in [-0.05, 0) is 56.1 Å². The van der Waals surface area contributed by atoms with E-state index in [1.165, 1.54) is 28.7 Å². The van der Waals surface area contributed by atoms with Gasteiger partial charge >= 0.3 is 0 Å². The fourth-order valence-electron chi connectivity index (χ4n) is 5.37. The summed E-state index contributed by atoms with van der Waals surface area (Å²) in [6.07, 6.45) is 9.97. The first-order valence-corrected chi connectivity index (χ1v) is 10.2. The molecule has 3 N–H and O–H groups in total. The predicted molar refractivity (Wildman–Crippen MR) is 101 cm³/mol. The van der Waals surface area contributed by atoms with E-state index in [1.807, 2.05) is 6.92 Å². The monoisotopic (exact) mass is 355 g/mol. The molecule has 4 heteroatoms. The SMILES string of the molecule is CCC1(O)CC=C2CC([C@@H]3Cc4cc5c(c(N)c4O3)CCC5)CO[C@@H]1C2. The number of aryl methyl sites for hydroxylation is 1. The summed E-state index contributed by atoms with van der Waals surface area (Å²) >= 11 is 0. The summed E-state index contributed by atoms with van der Waals surface area (Å²) in [6, 6.07) is 2.33. The summed E-state index contributed by atoms with van der Waals surface area (Å²) in [4.78, 5) is 0. The van der Waals surface area contributed by atoms with Crippen LogP contribution < -0.4 is 10.5 Å². The zero-order chi connectivity index (χ0) is 17.9. The van der Waals surface area contributed by atoms with Crippen molar-refractivity contribution in [3.05, 3.63) is 34.4 Å². The van der Waals surface area contributed by atoms with E-state index in [2.05, 4.69) is 12.1 Å². The van der Waals surface area contributed by atoms with Gasteiger partial charge in [0.15, 0.2) is 0 Å². The van der Waals surface area contributed by atoms with Crippen LogP contribution in [0.25, 0.3) is 0 Å². The quantitative estimate of drug-likeness (QED) is 0.631. The largest absolute Gasteiger partial charge is 0.487 e. The normalized spacial score (nSPS) is 35.3. The van der Waals surface area contributed by atoms with Crippen molar-refractivity contribution in [3.8, 4) is 5.75 Å². The summed E-state index contributed by atoms with van der Waals surface area (Å²) in [5, 5.41) is 10.8. The van der Waals surface area contributed by atoms with Crippen molar-refractivity contribution in [3.63, 3.8) is 0 Å². The lowest BCUT2D eigenvalue weighted by molar-refractivity contribution is -0.117. The number of aliphatic hydroxyl groups is 1. The third-order valence-electron chi connectivity index (χ3n) is 7.13. The van der Waals surface area contributed by atoms with Gasteiger partial charge in [0.25, 0.3) is 0 Å². The van der Waals surface area contributed by atoms with E-state index in [0.717, 1.165) is 50.0 Å². The van der Waals surface area contributed by atoms with Crippen LogP contribution in [-0.4, -0.2) is 29.5 Å². The molecule has 2 bridgehead atoms. The molecule has 0 radical (unpaired) electrons. The molecule has 2 heterocycles. The minimum Gasteiger partial charge on any atom is -0.487 e. The van der Waals surface area contributed by atoms with Crippen LogP contribution in [0.1, 0.15) is 55.7 Å². The Morgan fingerprint density at radius 3 is 2.96 bits per heavy atom. The first kappa shape index (κ1) is 16.6. The van der Waals surface area contributed by atoms with Gasteiger partial charge in [-0.2, -0.15) is 0 Å². The number of ether oxygens (including phenoxy) is 2. The summed E-state index contributed by atoms with van der Waals surface area (Å²) in [7, 11) is 0. The van der Waals surface area contributed by atoms with Crippen molar-refractivity contribution in [1.29, 1.82) is 0 Å². The Labute approximate surface area is 155 Å². The van der Waals surface area contributed by atoms with Crippen LogP contribution in [-0.2, 0) is 24.0 Å². The van der Waals surface area contributed by atoms with Crippen LogP contribution in [0.4, 0.5) is 5.69 Å². The van der Waals surface area contributed by atoms with Crippen LogP contribution in [0.3, 0.4) is 0 Å². The average molecular weight is 355 g/mol. The van der Waals surface area contributed by atoms with Crippen molar-refractivity contribution < 1.29 is 14.6 Å². The van der Waals surface area contributed by atoms with Crippen LogP contribution >= 0.6 is 0 Å². The molecule has 1 saturated heterocycles. The van der Waals surface area contributed by atoms with Gasteiger partial charge in [-0.15, -0.1) is 0 Å². The lowest BCUT2D eigenvalue weighted by Crippen LogP contribution is -2.45. The fourth-order valence-corrected chi connectivity index (χ4v) is 5.37. The highest BCUT2D eigenvalue weighted by Gasteiger charge is 2.43. The second-order valence-electron chi connectivity index (χ2n) is 8.64. The molecule has 140 valence electrons. The van der Waals surface area contributed by atoms with Crippen LogP contribution in [0, 0.1) is 5.92 Å². The molecule has 5 rings (SSSR count). The smallest absolute Gasteiger partial charge is 0.146 e. The van der Waals surface area contributed by atoms with Gasteiger partial charge < -0.3 is 20.3 Å². The van der Waals surface area contributed by atoms with E-state index in [9.17, 15) is 5.11 Å². The Kier molecular flexibility index (Phi) is 3.84. The Morgan fingerprint density at radius 2 is 2.12 bits per heavy atom. The van der Waals surface area contributed by atoms with Crippen LogP contribution in [0.5, 0.6) is 5.75 Å². The maximum Gasteiger partial charge on any atom is 0.146 e. The summed E-state index contributed by atoms with van der Waals surface area (Å²) < 4.78 is 12.6. The zero-order valence-electron chi connectivity index (χ0n) is 15.6. The van der Waals surface area contributed by atoms with Gasteiger partial charge in [0.1, 0.15) is 11.9 Å². The topological polar surface area (TPSA) is 64.7 Å². The van der Waals surface area contributed by atoms with Crippen molar-refractivity contribution >= 4 is 5.69 Å². The third kappa shape index (κ3) is 2.49. The highest BCUT2D eigenvalue weighted by Crippen LogP contribution is 2.45. The van der Waals surface area contributed by atoms with Crippen molar-refractivity contribution in [2.45, 2.75) is 76.1 Å². The predicted octanol–water partition coefficient (Wildman–Crippen LogP) is 3.33. The van der Waals surface area contributed by atoms with Gasteiger partial charge in [-0.3, -0.25) is 0 Å². The number of nitrogen functional groups attached to an aromatic ring is 1. The second-order valence-corrected chi connectivity index (χ2v) is 8.64. The Bertz CT molecular complexity index is 771. The molecule has 2 aliphatic heterocycles. The highest BCUT2D eigenvalue weighted by atomic mass is 16.5. The number of benzene rings is 1. The van der Waals surface area contributed by atoms with Crippen LogP contribution in [0.2, 0.25) is 0 Å². The molecule has 2 unspecified atom stereocenters. The lowest BCUT2D eigenvalue weighted by atomic mass is 9.79. The van der Waals surface area contributed by atoms with Crippen LogP contribution in [0.15, 0.2) is 17.7 Å². The molecule has 0 saturated carbocycles. The first-order valence-electron chi connectivity index (χ1n) is 10.2. The molecule has 0 aromatic heterocycles. The van der Waals surface area contributed by atoms with E-state index in [4.69, 9.17) is 15.2 Å². The van der Waals surface area contributed by atoms with Gasteiger partial charge in [-0.1, -0.05) is 24.6 Å². The maximum atomic E-state index is 10.8. The number of rotatable bonds is 2. The van der Waals surface area contributed by atoms with Crippen molar-refractivity contribution in [2.24, 2.45) is 5.92 Å². The fraction of sp³-hybridized carbons (Fsp3) is 0.636. The van der Waals surface area contributed by atoms with E-state index in [0.29, 0.717) is 18.9 Å². The molecular weight excluding hydrogens is 326 g/mol. The minimum absolute atomic E-state index is 0.0739. The molecule has 1 aromatic carbocycles. The van der Waals surface area contributed by atoms with Gasteiger partial charge in [0, 0.05) is 17.9 Å². The molecule has 2 aliphatic carbocycles. The lowest BCUT2D eigenvalue weighted by Gasteiger charge is -2.37. The number of hydrogen-bond acceptors (Lipinski definition) is 4. The number of anilines is 1. The molecule has 1 aromatic rings. The summed E-state index contributed by atoms with van der Waals surface area (Å²) in [5.74, 6) is 1.26. The standard InChI is InChI=1S/C22H29NO3/c1-2-22(24)7-6-13-8-16(12-25-19(22)9-13)18-11-15-10-14-4-3-5-17(14)20(23)21(15)26-18/h6,10,16,18-19,24H,2-5,7-9,11-12,23H2,1H3/t16?,18-,19+,22?/m0/s1. The molecule has 26 heavy (non-hydrogen) atoms. The molecular formula is C22H29NO3. The molecule has 4 nitrogen and oxygen atoms in total. The molecule has 4 atom stereocenters.